The first-order valence-corrected chi connectivity index (χ1v) is 10.6. The van der Waals surface area contributed by atoms with E-state index in [2.05, 4.69) is 10.5 Å². The number of hydrogen-bond acceptors (Lipinski definition) is 5. The number of ether oxygens (including phenoxy) is 3. The van der Waals surface area contributed by atoms with Gasteiger partial charge in [-0.2, -0.15) is 5.10 Å². The van der Waals surface area contributed by atoms with Crippen molar-refractivity contribution < 1.29 is 19.0 Å². The summed E-state index contributed by atoms with van der Waals surface area (Å²) >= 11 is 12.1. The number of nitrogens with zero attached hydrogens (tertiary/aromatic N) is 1. The maximum atomic E-state index is 12.2. The van der Waals surface area contributed by atoms with Crippen LogP contribution in [0.5, 0.6) is 17.2 Å². The second-order valence-corrected chi connectivity index (χ2v) is 7.43. The zero-order valence-corrected chi connectivity index (χ0v) is 19.1. The van der Waals surface area contributed by atoms with Gasteiger partial charge in [0, 0.05) is 21.2 Å². The summed E-state index contributed by atoms with van der Waals surface area (Å²) in [7, 11) is 1.57. The molecule has 0 atom stereocenters. The number of carbonyl (C=O) groups is 1. The molecule has 0 unspecified atom stereocenters. The Morgan fingerprint density at radius 1 is 1.00 bits per heavy atom. The van der Waals surface area contributed by atoms with Crippen LogP contribution in [0.3, 0.4) is 0 Å². The van der Waals surface area contributed by atoms with Gasteiger partial charge in [0.25, 0.3) is 5.91 Å². The fraction of sp³-hybridized carbons (Fsp3) is 0.167. The molecule has 0 aliphatic rings. The molecule has 3 rings (SSSR count). The summed E-state index contributed by atoms with van der Waals surface area (Å²) in [5.74, 6) is 1.48. The van der Waals surface area contributed by atoms with E-state index in [0.717, 1.165) is 11.1 Å². The van der Waals surface area contributed by atoms with Crippen molar-refractivity contribution in [3.05, 3.63) is 87.4 Å². The molecule has 3 aromatic carbocycles. The summed E-state index contributed by atoms with van der Waals surface area (Å²) in [4.78, 5) is 12.2. The highest BCUT2D eigenvalue weighted by atomic mass is 35.5. The van der Waals surface area contributed by atoms with Crippen molar-refractivity contribution in [2.45, 2.75) is 13.5 Å². The fourth-order valence-electron chi connectivity index (χ4n) is 2.76. The van der Waals surface area contributed by atoms with Gasteiger partial charge in [-0.3, -0.25) is 4.79 Å². The molecule has 32 heavy (non-hydrogen) atoms. The molecule has 6 nitrogen and oxygen atoms in total. The minimum atomic E-state index is -0.325. The Hall–Kier alpha value is -3.22. The zero-order chi connectivity index (χ0) is 22.9. The molecule has 0 aromatic heterocycles. The van der Waals surface area contributed by atoms with Gasteiger partial charge in [-0.25, -0.2) is 5.43 Å². The van der Waals surface area contributed by atoms with Crippen molar-refractivity contribution in [3.63, 3.8) is 0 Å². The third-order valence-electron chi connectivity index (χ3n) is 4.40. The van der Waals surface area contributed by atoms with Gasteiger partial charge < -0.3 is 14.2 Å². The molecule has 166 valence electrons. The van der Waals surface area contributed by atoms with Gasteiger partial charge in [-0.1, -0.05) is 29.3 Å². The first-order chi connectivity index (χ1) is 15.5. The Balaban J connectivity index is 1.65. The van der Waals surface area contributed by atoms with Crippen molar-refractivity contribution in [1.29, 1.82) is 0 Å². The lowest BCUT2D eigenvalue weighted by atomic mass is 10.2. The normalized spacial score (nSPS) is 10.8. The number of methoxy groups -OCH3 is 1. The predicted octanol–water partition coefficient (Wildman–Crippen LogP) is 5.74. The number of nitrogens with one attached hydrogen (secondary N) is 1. The van der Waals surface area contributed by atoms with Gasteiger partial charge >= 0.3 is 0 Å². The smallest absolute Gasteiger partial charge is 0.271 e. The summed E-state index contributed by atoms with van der Waals surface area (Å²) in [5.41, 5.74) is 4.52. The van der Waals surface area contributed by atoms with Crippen LogP contribution in [0.25, 0.3) is 0 Å². The molecule has 0 saturated heterocycles. The van der Waals surface area contributed by atoms with Crippen LogP contribution in [0.2, 0.25) is 10.0 Å². The molecule has 0 fully saturated rings. The second kappa shape index (κ2) is 11.4. The first-order valence-electron chi connectivity index (χ1n) is 9.81. The predicted molar refractivity (Wildman–Crippen MR) is 126 cm³/mol. The van der Waals surface area contributed by atoms with E-state index in [9.17, 15) is 4.79 Å². The second-order valence-electron chi connectivity index (χ2n) is 6.59. The van der Waals surface area contributed by atoms with Crippen molar-refractivity contribution in [2.75, 3.05) is 13.7 Å². The summed E-state index contributed by atoms with van der Waals surface area (Å²) in [5, 5.41) is 5.12. The van der Waals surface area contributed by atoms with E-state index in [-0.39, 0.29) is 12.5 Å². The zero-order valence-electron chi connectivity index (χ0n) is 17.6. The van der Waals surface area contributed by atoms with E-state index in [1.165, 1.54) is 6.21 Å². The maximum Gasteiger partial charge on any atom is 0.271 e. The van der Waals surface area contributed by atoms with E-state index >= 15 is 0 Å². The highest BCUT2D eigenvalue weighted by molar-refractivity contribution is 6.35. The molecule has 0 bridgehead atoms. The van der Waals surface area contributed by atoms with Crippen LogP contribution in [-0.4, -0.2) is 25.8 Å². The largest absolute Gasteiger partial charge is 0.497 e. The number of halogens is 2. The van der Waals surface area contributed by atoms with Gasteiger partial charge in [-0.15, -0.1) is 0 Å². The minimum absolute atomic E-state index is 0.265. The van der Waals surface area contributed by atoms with Crippen molar-refractivity contribution in [2.24, 2.45) is 5.10 Å². The summed E-state index contributed by atoms with van der Waals surface area (Å²) in [6, 6.07) is 17.4. The Kier molecular flexibility index (Phi) is 8.36. The molecule has 0 aliphatic heterocycles. The van der Waals surface area contributed by atoms with Gasteiger partial charge in [-0.05, 0) is 67.1 Å². The highest BCUT2D eigenvalue weighted by Crippen LogP contribution is 2.30. The lowest BCUT2D eigenvalue weighted by molar-refractivity contribution is 0.0955. The quantitative estimate of drug-likeness (QED) is 0.318. The van der Waals surface area contributed by atoms with Crippen LogP contribution in [0.1, 0.15) is 28.4 Å². The molecule has 0 aliphatic carbocycles. The monoisotopic (exact) mass is 472 g/mol. The number of rotatable bonds is 9. The van der Waals surface area contributed by atoms with Crippen LogP contribution >= 0.6 is 23.2 Å². The third kappa shape index (κ3) is 6.39. The van der Waals surface area contributed by atoms with Crippen LogP contribution < -0.4 is 19.6 Å². The van der Waals surface area contributed by atoms with Crippen molar-refractivity contribution in [1.82, 2.24) is 5.43 Å². The van der Waals surface area contributed by atoms with Crippen LogP contribution in [0, 0.1) is 0 Å². The molecule has 0 heterocycles. The molecular weight excluding hydrogens is 451 g/mol. The molecule has 0 saturated carbocycles. The fourth-order valence-corrected chi connectivity index (χ4v) is 3.22. The molecule has 1 amide bonds. The Morgan fingerprint density at radius 2 is 1.78 bits per heavy atom. The van der Waals surface area contributed by atoms with E-state index in [0.29, 0.717) is 39.5 Å². The maximum absolute atomic E-state index is 12.2. The minimum Gasteiger partial charge on any atom is -0.497 e. The molecule has 0 radical (unpaired) electrons. The van der Waals surface area contributed by atoms with Crippen LogP contribution in [0.15, 0.2) is 65.8 Å². The summed E-state index contributed by atoms with van der Waals surface area (Å²) in [6.07, 6.45) is 1.53. The molecular formula is C24H22Cl2N2O4. The Bertz CT molecular complexity index is 1100. The highest BCUT2D eigenvalue weighted by Gasteiger charge is 2.09. The number of benzene rings is 3. The molecule has 1 N–H and O–H groups in total. The SMILES string of the molecule is CCOc1cc(/C=N\NC(=O)c2ccc(OC)cc2)ccc1OCc1ccc(Cl)cc1Cl. The lowest BCUT2D eigenvalue weighted by Gasteiger charge is -2.13. The van der Waals surface area contributed by atoms with E-state index in [4.69, 9.17) is 37.4 Å². The van der Waals surface area contributed by atoms with Gasteiger partial charge in [0.1, 0.15) is 12.4 Å². The Labute approximate surface area is 196 Å². The van der Waals surface area contributed by atoms with Crippen molar-refractivity contribution in [3.8, 4) is 17.2 Å². The van der Waals surface area contributed by atoms with Crippen molar-refractivity contribution >= 4 is 35.3 Å². The average molecular weight is 473 g/mol. The first kappa shape index (κ1) is 23.4. The molecule has 8 heteroatoms. The van der Waals surface area contributed by atoms with E-state index in [1.807, 2.05) is 19.1 Å². The van der Waals surface area contributed by atoms with E-state index in [1.54, 1.807) is 55.6 Å². The summed E-state index contributed by atoms with van der Waals surface area (Å²) in [6.45, 7) is 2.62. The van der Waals surface area contributed by atoms with E-state index < -0.39 is 0 Å². The number of hydrazone groups is 1. The van der Waals surface area contributed by atoms with Gasteiger partial charge in [0.15, 0.2) is 11.5 Å². The molecule has 3 aromatic rings. The number of amides is 1. The van der Waals surface area contributed by atoms with Gasteiger partial charge in [0.05, 0.1) is 19.9 Å². The number of carbonyl (C=O) groups excluding carboxylic acids is 1. The molecule has 0 spiro atoms. The van der Waals surface area contributed by atoms with Gasteiger partial charge in [0.2, 0.25) is 0 Å². The van der Waals surface area contributed by atoms with Crippen LogP contribution in [0.4, 0.5) is 0 Å². The number of hydrogen-bond donors (Lipinski definition) is 1. The van der Waals surface area contributed by atoms with Crippen LogP contribution in [-0.2, 0) is 6.61 Å². The topological polar surface area (TPSA) is 69.2 Å². The third-order valence-corrected chi connectivity index (χ3v) is 4.98. The average Bonchev–Trinajstić information content (AvgIpc) is 2.79. The Morgan fingerprint density at radius 3 is 2.47 bits per heavy atom. The lowest BCUT2D eigenvalue weighted by Crippen LogP contribution is -2.17. The summed E-state index contributed by atoms with van der Waals surface area (Å²) < 4.78 is 16.7. The standard InChI is InChI=1S/C24H22Cl2N2O4/c1-3-31-23-12-16(14-27-28-24(29)17-6-9-20(30-2)10-7-17)4-11-22(23)32-15-18-5-8-19(25)13-21(18)26/h4-14H,3,15H2,1-2H3,(H,28,29)/b27-14-.